The van der Waals surface area contributed by atoms with Gasteiger partial charge in [-0.1, -0.05) is 29.3 Å². The summed E-state index contributed by atoms with van der Waals surface area (Å²) < 4.78 is 5.20. The van der Waals surface area contributed by atoms with Crippen LogP contribution in [0.5, 0.6) is 5.88 Å². The highest BCUT2D eigenvalue weighted by Gasteiger charge is 2.34. The van der Waals surface area contributed by atoms with Crippen LogP contribution in [0.1, 0.15) is 17.0 Å². The Balaban J connectivity index is 2.33. The maximum Gasteiger partial charge on any atom is 0.328 e. The predicted octanol–water partition coefficient (Wildman–Crippen LogP) is 1.59. The summed E-state index contributed by atoms with van der Waals surface area (Å²) in [5, 5.41) is 9.96. The number of nitriles is 1. The number of ether oxygens (including phenoxy) is 1. The Hall–Kier alpha value is -2.69. The quantitative estimate of drug-likeness (QED) is 0.720. The lowest BCUT2D eigenvalue weighted by atomic mass is 9.85. The highest BCUT2D eigenvalue weighted by molar-refractivity contribution is 6.42. The molecule has 0 amide bonds. The van der Waals surface area contributed by atoms with E-state index in [1.165, 1.54) is 6.07 Å². The molecule has 0 aliphatic carbocycles. The number of fused-ring (bicyclic) bond motifs is 1. The van der Waals surface area contributed by atoms with E-state index >= 15 is 0 Å². The average Bonchev–Trinajstić information content (AvgIpc) is 2.48. The lowest BCUT2D eigenvalue weighted by molar-refractivity contribution is 0.373. The number of allylic oxidation sites excluding steroid dienone is 1. The van der Waals surface area contributed by atoms with Gasteiger partial charge in [0.2, 0.25) is 11.8 Å². The minimum Gasteiger partial charge on any atom is -0.424 e. The van der Waals surface area contributed by atoms with Crippen molar-refractivity contribution in [1.82, 2.24) is 9.97 Å². The third-order valence-corrected chi connectivity index (χ3v) is 4.13. The zero-order valence-corrected chi connectivity index (χ0v) is 12.8. The second-order valence-corrected chi connectivity index (χ2v) is 5.56. The van der Waals surface area contributed by atoms with Crippen molar-refractivity contribution in [3.05, 3.63) is 71.7 Å². The van der Waals surface area contributed by atoms with E-state index in [4.69, 9.17) is 33.7 Å². The minimum atomic E-state index is -0.834. The standard InChI is InChI=1S/C14H8Cl2N4O3/c15-7-2-1-5(3-8(7)16)9-6(4-17)11(18)23-13-10(9)12(21)19-14(22)20-13/h1-3,9H,18H2,(H2,19,20,21,22). The van der Waals surface area contributed by atoms with Crippen LogP contribution in [0.15, 0.2) is 39.2 Å². The summed E-state index contributed by atoms with van der Waals surface area (Å²) in [5.41, 5.74) is 4.93. The largest absolute Gasteiger partial charge is 0.424 e. The van der Waals surface area contributed by atoms with E-state index in [1.54, 1.807) is 12.1 Å². The fraction of sp³-hybridized carbons (Fsp3) is 0.0714. The van der Waals surface area contributed by atoms with Gasteiger partial charge in [0.25, 0.3) is 5.56 Å². The molecule has 2 heterocycles. The summed E-state index contributed by atoms with van der Waals surface area (Å²) >= 11 is 11.9. The van der Waals surface area contributed by atoms with Crippen LogP contribution in [0.2, 0.25) is 10.0 Å². The summed E-state index contributed by atoms with van der Waals surface area (Å²) in [4.78, 5) is 28.1. The van der Waals surface area contributed by atoms with Crippen LogP contribution in [0.3, 0.4) is 0 Å². The molecular weight excluding hydrogens is 343 g/mol. The Morgan fingerprint density at radius 3 is 2.61 bits per heavy atom. The van der Waals surface area contributed by atoms with E-state index in [1.807, 2.05) is 6.07 Å². The number of nitrogens with one attached hydrogen (secondary N) is 2. The number of hydrogen-bond acceptors (Lipinski definition) is 5. The molecule has 0 bridgehead atoms. The van der Waals surface area contributed by atoms with Crippen LogP contribution in [-0.4, -0.2) is 9.97 Å². The van der Waals surface area contributed by atoms with Crippen molar-refractivity contribution in [2.24, 2.45) is 5.73 Å². The maximum atomic E-state index is 12.2. The topological polar surface area (TPSA) is 125 Å². The molecule has 23 heavy (non-hydrogen) atoms. The number of rotatable bonds is 1. The molecule has 0 saturated carbocycles. The molecule has 7 nitrogen and oxygen atoms in total. The molecule has 1 atom stereocenters. The molecule has 116 valence electrons. The fourth-order valence-corrected chi connectivity index (χ4v) is 2.72. The van der Waals surface area contributed by atoms with Gasteiger partial charge in [-0.3, -0.25) is 14.8 Å². The lowest BCUT2D eigenvalue weighted by Crippen LogP contribution is -2.33. The number of aromatic amines is 2. The summed E-state index contributed by atoms with van der Waals surface area (Å²) in [5.74, 6) is -1.14. The van der Waals surface area contributed by atoms with Crippen molar-refractivity contribution >= 4 is 23.2 Å². The van der Waals surface area contributed by atoms with E-state index in [0.717, 1.165) is 0 Å². The van der Waals surface area contributed by atoms with E-state index in [9.17, 15) is 14.9 Å². The molecule has 1 unspecified atom stereocenters. The number of halogens is 2. The fourth-order valence-electron chi connectivity index (χ4n) is 2.41. The normalized spacial score (nSPS) is 16.5. The first kappa shape index (κ1) is 15.2. The van der Waals surface area contributed by atoms with Crippen LogP contribution in [0.25, 0.3) is 0 Å². The van der Waals surface area contributed by atoms with Gasteiger partial charge in [0.05, 0.1) is 21.5 Å². The van der Waals surface area contributed by atoms with Gasteiger partial charge in [0.15, 0.2) is 0 Å². The zero-order chi connectivity index (χ0) is 16.7. The Bertz CT molecular complexity index is 1000. The molecule has 0 radical (unpaired) electrons. The van der Waals surface area contributed by atoms with Gasteiger partial charge in [-0.15, -0.1) is 0 Å². The van der Waals surface area contributed by atoms with Crippen LogP contribution in [-0.2, 0) is 0 Å². The van der Waals surface area contributed by atoms with Crippen molar-refractivity contribution < 1.29 is 4.74 Å². The predicted molar refractivity (Wildman–Crippen MR) is 83.4 cm³/mol. The molecule has 1 aromatic heterocycles. The number of benzene rings is 1. The summed E-state index contributed by atoms with van der Waals surface area (Å²) in [7, 11) is 0. The Kier molecular flexibility index (Phi) is 3.64. The second-order valence-electron chi connectivity index (χ2n) is 4.75. The maximum absolute atomic E-state index is 12.2. The first-order chi connectivity index (χ1) is 10.9. The Morgan fingerprint density at radius 1 is 1.22 bits per heavy atom. The molecule has 0 spiro atoms. The average molecular weight is 351 g/mol. The van der Waals surface area contributed by atoms with E-state index in [-0.39, 0.29) is 27.9 Å². The third-order valence-electron chi connectivity index (χ3n) is 3.40. The minimum absolute atomic E-state index is 0.0356. The molecule has 2 aromatic rings. The Labute approximate surface area is 138 Å². The molecule has 3 rings (SSSR count). The molecule has 4 N–H and O–H groups in total. The second kappa shape index (κ2) is 5.50. The molecule has 1 aromatic carbocycles. The highest BCUT2D eigenvalue weighted by Crippen LogP contribution is 2.39. The molecule has 1 aliphatic heterocycles. The van der Waals surface area contributed by atoms with Gasteiger partial charge in [0.1, 0.15) is 11.6 Å². The summed E-state index contributed by atoms with van der Waals surface area (Å²) in [6, 6.07) is 6.61. The van der Waals surface area contributed by atoms with Crippen LogP contribution < -0.4 is 21.7 Å². The van der Waals surface area contributed by atoms with Gasteiger partial charge in [-0.25, -0.2) is 4.79 Å². The van der Waals surface area contributed by atoms with Crippen molar-refractivity contribution in [3.63, 3.8) is 0 Å². The first-order valence-electron chi connectivity index (χ1n) is 6.31. The monoisotopic (exact) mass is 350 g/mol. The van der Waals surface area contributed by atoms with Gasteiger partial charge < -0.3 is 10.5 Å². The van der Waals surface area contributed by atoms with E-state index in [0.29, 0.717) is 10.6 Å². The number of nitrogens with two attached hydrogens (primary N) is 1. The highest BCUT2D eigenvalue weighted by atomic mass is 35.5. The smallest absolute Gasteiger partial charge is 0.328 e. The van der Waals surface area contributed by atoms with E-state index < -0.39 is 17.2 Å². The Morgan fingerprint density at radius 2 is 1.96 bits per heavy atom. The van der Waals surface area contributed by atoms with Gasteiger partial charge >= 0.3 is 5.69 Å². The molecule has 0 fully saturated rings. The van der Waals surface area contributed by atoms with Gasteiger partial charge in [-0.05, 0) is 17.7 Å². The SMILES string of the molecule is N#CC1=C(N)Oc2[nH]c(=O)[nH]c(=O)c2C1c1ccc(Cl)c(Cl)c1. The summed E-state index contributed by atoms with van der Waals surface area (Å²) in [6.07, 6.45) is 0. The zero-order valence-electron chi connectivity index (χ0n) is 11.3. The number of aromatic nitrogens is 2. The van der Waals surface area contributed by atoms with Crippen molar-refractivity contribution in [2.45, 2.75) is 5.92 Å². The number of hydrogen-bond donors (Lipinski definition) is 3. The number of H-pyrrole nitrogens is 2. The molecular formula is C14H8Cl2N4O3. The van der Waals surface area contributed by atoms with Crippen LogP contribution in [0.4, 0.5) is 0 Å². The van der Waals surface area contributed by atoms with Gasteiger partial charge in [-0.2, -0.15) is 5.26 Å². The van der Waals surface area contributed by atoms with Crippen LogP contribution >= 0.6 is 23.2 Å². The van der Waals surface area contributed by atoms with E-state index in [2.05, 4.69) is 9.97 Å². The van der Waals surface area contributed by atoms with Crippen molar-refractivity contribution in [2.75, 3.05) is 0 Å². The van der Waals surface area contributed by atoms with Crippen molar-refractivity contribution in [1.29, 1.82) is 5.26 Å². The molecule has 9 heteroatoms. The first-order valence-corrected chi connectivity index (χ1v) is 7.07. The lowest BCUT2D eigenvalue weighted by Gasteiger charge is -2.24. The number of nitrogens with zero attached hydrogens (tertiary/aromatic N) is 1. The van der Waals surface area contributed by atoms with Crippen LogP contribution in [0, 0.1) is 11.3 Å². The van der Waals surface area contributed by atoms with Crippen molar-refractivity contribution in [3.8, 4) is 11.9 Å². The molecule has 1 aliphatic rings. The molecule has 0 saturated heterocycles. The summed E-state index contributed by atoms with van der Waals surface area (Å²) in [6.45, 7) is 0. The third kappa shape index (κ3) is 2.48. The van der Waals surface area contributed by atoms with Gasteiger partial charge in [0, 0.05) is 0 Å².